The van der Waals surface area contributed by atoms with Crippen LogP contribution in [-0.4, -0.2) is 16.7 Å². The fourth-order valence-electron chi connectivity index (χ4n) is 1.78. The zero-order chi connectivity index (χ0) is 12.3. The molecule has 2 rings (SSSR count). The van der Waals surface area contributed by atoms with Gasteiger partial charge in [-0.3, -0.25) is 0 Å². The average Bonchev–Trinajstić information content (AvgIpc) is 2.61. The number of imidazole rings is 1. The highest BCUT2D eigenvalue weighted by atomic mass is 16.5. The molecular weight excluding hydrogens is 214 g/mol. The number of methoxy groups -OCH3 is 1. The van der Waals surface area contributed by atoms with Crippen molar-refractivity contribution in [3.63, 3.8) is 0 Å². The summed E-state index contributed by atoms with van der Waals surface area (Å²) in [7, 11) is 3.67. The lowest BCUT2D eigenvalue weighted by molar-refractivity contribution is 0.185. The first-order valence-electron chi connectivity index (χ1n) is 5.54. The van der Waals surface area contributed by atoms with Crippen LogP contribution in [0.1, 0.15) is 11.3 Å². The Labute approximate surface area is 101 Å². The van der Waals surface area contributed by atoms with E-state index in [1.54, 1.807) is 7.11 Å². The number of benzene rings is 1. The van der Waals surface area contributed by atoms with Crippen LogP contribution < -0.4 is 5.32 Å². The van der Waals surface area contributed by atoms with E-state index in [2.05, 4.69) is 10.3 Å². The molecule has 1 N–H and O–H groups in total. The zero-order valence-electron chi connectivity index (χ0n) is 10.4. The minimum atomic E-state index is 0.590. The first kappa shape index (κ1) is 11.7. The first-order chi connectivity index (χ1) is 8.20. The summed E-state index contributed by atoms with van der Waals surface area (Å²) in [6, 6.07) is 8.07. The van der Waals surface area contributed by atoms with Crippen LogP contribution in [0.4, 0.5) is 11.6 Å². The standard InChI is InChI=1S/C13H17N3O/c1-10-8-16(2)13(14-10)15-12-7-5-4-6-11(12)9-17-3/h4-8H,9H2,1-3H3,(H,14,15). The molecule has 0 aliphatic carbocycles. The van der Waals surface area contributed by atoms with Gasteiger partial charge in [0.25, 0.3) is 0 Å². The van der Waals surface area contributed by atoms with E-state index < -0.39 is 0 Å². The van der Waals surface area contributed by atoms with Crippen molar-refractivity contribution in [2.45, 2.75) is 13.5 Å². The molecule has 0 aliphatic heterocycles. The molecule has 0 atom stereocenters. The molecule has 17 heavy (non-hydrogen) atoms. The third-order valence-corrected chi connectivity index (χ3v) is 2.56. The number of aromatic nitrogens is 2. The largest absolute Gasteiger partial charge is 0.380 e. The topological polar surface area (TPSA) is 39.1 Å². The minimum absolute atomic E-state index is 0.590. The number of hydrogen-bond acceptors (Lipinski definition) is 3. The fraction of sp³-hybridized carbons (Fsp3) is 0.308. The molecule has 0 amide bonds. The van der Waals surface area contributed by atoms with E-state index in [4.69, 9.17) is 4.74 Å². The predicted octanol–water partition coefficient (Wildman–Crippen LogP) is 2.62. The number of hydrogen-bond donors (Lipinski definition) is 1. The molecule has 0 saturated heterocycles. The summed E-state index contributed by atoms with van der Waals surface area (Å²) >= 11 is 0. The molecule has 0 radical (unpaired) electrons. The highest BCUT2D eigenvalue weighted by molar-refractivity contribution is 5.58. The normalized spacial score (nSPS) is 10.5. The Morgan fingerprint density at radius 1 is 1.35 bits per heavy atom. The highest BCUT2D eigenvalue weighted by Crippen LogP contribution is 2.20. The van der Waals surface area contributed by atoms with Gasteiger partial charge in [-0.05, 0) is 13.0 Å². The maximum atomic E-state index is 5.17. The molecule has 4 heteroatoms. The number of anilines is 2. The predicted molar refractivity (Wildman–Crippen MR) is 68.4 cm³/mol. The Bertz CT molecular complexity index is 505. The van der Waals surface area contributed by atoms with Crippen LogP contribution in [0.25, 0.3) is 0 Å². The maximum absolute atomic E-state index is 5.17. The molecule has 1 aromatic carbocycles. The van der Waals surface area contributed by atoms with Crippen molar-refractivity contribution in [1.82, 2.24) is 9.55 Å². The molecule has 1 heterocycles. The number of para-hydroxylation sites is 1. The Hall–Kier alpha value is -1.81. The number of aryl methyl sites for hydroxylation is 2. The number of nitrogens with one attached hydrogen (secondary N) is 1. The van der Waals surface area contributed by atoms with E-state index >= 15 is 0 Å². The van der Waals surface area contributed by atoms with Crippen molar-refractivity contribution in [2.24, 2.45) is 7.05 Å². The van der Waals surface area contributed by atoms with Gasteiger partial charge in [-0.2, -0.15) is 0 Å². The molecule has 0 fully saturated rings. The van der Waals surface area contributed by atoms with Gasteiger partial charge in [0.15, 0.2) is 0 Å². The van der Waals surface area contributed by atoms with Gasteiger partial charge in [0.1, 0.15) is 0 Å². The van der Waals surface area contributed by atoms with E-state index in [9.17, 15) is 0 Å². The van der Waals surface area contributed by atoms with Crippen LogP contribution in [0.3, 0.4) is 0 Å². The summed E-state index contributed by atoms with van der Waals surface area (Å²) in [6.07, 6.45) is 1.99. The third kappa shape index (κ3) is 2.65. The van der Waals surface area contributed by atoms with E-state index in [0.29, 0.717) is 6.61 Å². The van der Waals surface area contributed by atoms with Gasteiger partial charge in [0, 0.05) is 31.6 Å². The van der Waals surface area contributed by atoms with Gasteiger partial charge >= 0.3 is 0 Å². The van der Waals surface area contributed by atoms with Crippen LogP contribution in [0, 0.1) is 6.92 Å². The van der Waals surface area contributed by atoms with Crippen molar-refractivity contribution >= 4 is 11.6 Å². The smallest absolute Gasteiger partial charge is 0.207 e. The lowest BCUT2D eigenvalue weighted by atomic mass is 10.2. The SMILES string of the molecule is COCc1ccccc1Nc1nc(C)cn1C. The summed E-state index contributed by atoms with van der Waals surface area (Å²) in [5.74, 6) is 0.839. The molecule has 0 aliphatic rings. The second kappa shape index (κ2) is 5.01. The van der Waals surface area contributed by atoms with Crippen molar-refractivity contribution in [3.8, 4) is 0 Å². The molecule has 0 spiro atoms. The average molecular weight is 231 g/mol. The summed E-state index contributed by atoms with van der Waals surface area (Å²) in [4.78, 5) is 4.42. The van der Waals surface area contributed by atoms with E-state index in [1.807, 2.05) is 49.0 Å². The van der Waals surface area contributed by atoms with Crippen LogP contribution in [-0.2, 0) is 18.4 Å². The molecule has 0 saturated carbocycles. The second-order valence-electron chi connectivity index (χ2n) is 4.03. The molecule has 0 bridgehead atoms. The Kier molecular flexibility index (Phi) is 3.44. The number of ether oxygens (including phenoxy) is 1. The molecule has 4 nitrogen and oxygen atoms in total. The van der Waals surface area contributed by atoms with Crippen molar-refractivity contribution < 1.29 is 4.74 Å². The van der Waals surface area contributed by atoms with E-state index in [1.165, 1.54) is 0 Å². The van der Waals surface area contributed by atoms with Gasteiger partial charge in [-0.1, -0.05) is 18.2 Å². The summed E-state index contributed by atoms with van der Waals surface area (Å²) in [5.41, 5.74) is 3.15. The summed E-state index contributed by atoms with van der Waals surface area (Å²) < 4.78 is 7.15. The number of nitrogens with zero attached hydrogens (tertiary/aromatic N) is 2. The zero-order valence-corrected chi connectivity index (χ0v) is 10.4. The van der Waals surface area contributed by atoms with Crippen molar-refractivity contribution in [1.29, 1.82) is 0 Å². The number of rotatable bonds is 4. The van der Waals surface area contributed by atoms with Crippen LogP contribution >= 0.6 is 0 Å². The van der Waals surface area contributed by atoms with E-state index in [0.717, 1.165) is 22.9 Å². The van der Waals surface area contributed by atoms with Crippen molar-refractivity contribution in [2.75, 3.05) is 12.4 Å². The third-order valence-electron chi connectivity index (χ3n) is 2.56. The monoisotopic (exact) mass is 231 g/mol. The Morgan fingerprint density at radius 3 is 2.76 bits per heavy atom. The molecule has 2 aromatic rings. The van der Waals surface area contributed by atoms with Crippen molar-refractivity contribution in [3.05, 3.63) is 41.7 Å². The lowest BCUT2D eigenvalue weighted by Crippen LogP contribution is -2.02. The summed E-state index contributed by atoms with van der Waals surface area (Å²) in [6.45, 7) is 2.57. The van der Waals surface area contributed by atoms with Crippen LogP contribution in [0.15, 0.2) is 30.5 Å². The van der Waals surface area contributed by atoms with Gasteiger partial charge < -0.3 is 14.6 Å². The maximum Gasteiger partial charge on any atom is 0.207 e. The van der Waals surface area contributed by atoms with Crippen LogP contribution in [0.5, 0.6) is 0 Å². The lowest BCUT2D eigenvalue weighted by Gasteiger charge is -2.10. The fourth-order valence-corrected chi connectivity index (χ4v) is 1.78. The molecule has 90 valence electrons. The van der Waals surface area contributed by atoms with Gasteiger partial charge in [-0.15, -0.1) is 0 Å². The molecular formula is C13H17N3O. The highest BCUT2D eigenvalue weighted by Gasteiger charge is 2.05. The van der Waals surface area contributed by atoms with E-state index in [-0.39, 0.29) is 0 Å². The Balaban J connectivity index is 2.26. The van der Waals surface area contributed by atoms with Gasteiger partial charge in [-0.25, -0.2) is 4.98 Å². The van der Waals surface area contributed by atoms with Crippen LogP contribution in [0.2, 0.25) is 0 Å². The van der Waals surface area contributed by atoms with Gasteiger partial charge in [0.2, 0.25) is 5.95 Å². The quantitative estimate of drug-likeness (QED) is 0.879. The molecule has 0 unspecified atom stereocenters. The Morgan fingerprint density at radius 2 is 2.12 bits per heavy atom. The van der Waals surface area contributed by atoms with Gasteiger partial charge in [0.05, 0.1) is 12.3 Å². The molecule has 1 aromatic heterocycles. The first-order valence-corrected chi connectivity index (χ1v) is 5.54. The minimum Gasteiger partial charge on any atom is -0.380 e. The summed E-state index contributed by atoms with van der Waals surface area (Å²) in [5, 5.41) is 3.32. The second-order valence-corrected chi connectivity index (χ2v) is 4.03.